The van der Waals surface area contributed by atoms with Gasteiger partial charge >= 0.3 is 0 Å². The standard InChI is InChI=1S/C13H13NO2/c1-16-12-6-4-5-11(9-12)10-14-8-3-2-7-13(14)15/h2-9H,10H2,1H3. The van der Waals surface area contributed by atoms with Gasteiger partial charge in [-0.2, -0.15) is 0 Å². The van der Waals surface area contributed by atoms with Crippen LogP contribution in [-0.4, -0.2) is 11.7 Å². The highest BCUT2D eigenvalue weighted by Crippen LogP contribution is 2.12. The third-order valence-electron chi connectivity index (χ3n) is 2.39. The molecule has 0 saturated heterocycles. The Morgan fingerprint density at radius 2 is 2.06 bits per heavy atom. The molecule has 82 valence electrons. The van der Waals surface area contributed by atoms with Crippen molar-refractivity contribution in [2.24, 2.45) is 0 Å². The van der Waals surface area contributed by atoms with Gasteiger partial charge in [-0.15, -0.1) is 0 Å². The minimum absolute atomic E-state index is 0.00493. The third-order valence-corrected chi connectivity index (χ3v) is 2.39. The Morgan fingerprint density at radius 1 is 1.19 bits per heavy atom. The van der Waals surface area contributed by atoms with E-state index in [1.165, 1.54) is 0 Å². The predicted molar refractivity (Wildman–Crippen MR) is 62.8 cm³/mol. The lowest BCUT2D eigenvalue weighted by atomic mass is 10.2. The number of rotatable bonds is 3. The summed E-state index contributed by atoms with van der Waals surface area (Å²) in [5.41, 5.74) is 1.05. The maximum atomic E-state index is 11.5. The molecule has 0 aliphatic rings. The van der Waals surface area contributed by atoms with Crippen molar-refractivity contribution < 1.29 is 4.74 Å². The molecule has 1 heterocycles. The molecule has 0 radical (unpaired) electrons. The Morgan fingerprint density at radius 3 is 2.81 bits per heavy atom. The van der Waals surface area contributed by atoms with Crippen LogP contribution in [0.4, 0.5) is 0 Å². The van der Waals surface area contributed by atoms with E-state index in [2.05, 4.69) is 0 Å². The van der Waals surface area contributed by atoms with Crippen molar-refractivity contribution in [2.75, 3.05) is 7.11 Å². The predicted octanol–water partition coefficient (Wildman–Crippen LogP) is 1.91. The molecule has 1 aromatic heterocycles. The van der Waals surface area contributed by atoms with Crippen LogP contribution in [0, 0.1) is 0 Å². The maximum Gasteiger partial charge on any atom is 0.250 e. The molecule has 0 unspecified atom stereocenters. The fraction of sp³-hybridized carbons (Fsp3) is 0.154. The molecule has 0 bridgehead atoms. The van der Waals surface area contributed by atoms with Gasteiger partial charge in [0.15, 0.2) is 0 Å². The van der Waals surface area contributed by atoms with Gasteiger partial charge in [-0.25, -0.2) is 0 Å². The molecule has 3 nitrogen and oxygen atoms in total. The summed E-state index contributed by atoms with van der Waals surface area (Å²) >= 11 is 0. The summed E-state index contributed by atoms with van der Waals surface area (Å²) in [6.45, 7) is 0.566. The molecule has 0 atom stereocenters. The van der Waals surface area contributed by atoms with Crippen LogP contribution in [0.25, 0.3) is 0 Å². The van der Waals surface area contributed by atoms with Crippen molar-refractivity contribution in [3.8, 4) is 5.75 Å². The molecular weight excluding hydrogens is 202 g/mol. The molecule has 16 heavy (non-hydrogen) atoms. The van der Waals surface area contributed by atoms with Crippen LogP contribution >= 0.6 is 0 Å². The molecular formula is C13H13NO2. The fourth-order valence-electron chi connectivity index (χ4n) is 1.56. The molecule has 0 spiro atoms. The van der Waals surface area contributed by atoms with Crippen LogP contribution in [0.15, 0.2) is 53.5 Å². The molecule has 0 aliphatic carbocycles. The van der Waals surface area contributed by atoms with Gasteiger partial charge in [-0.3, -0.25) is 4.79 Å². The molecule has 0 N–H and O–H groups in total. The van der Waals surface area contributed by atoms with E-state index in [4.69, 9.17) is 4.74 Å². The van der Waals surface area contributed by atoms with Crippen molar-refractivity contribution in [1.29, 1.82) is 0 Å². The molecule has 0 saturated carbocycles. The van der Waals surface area contributed by atoms with Crippen LogP contribution in [0.2, 0.25) is 0 Å². The molecule has 0 aliphatic heterocycles. The van der Waals surface area contributed by atoms with E-state index < -0.39 is 0 Å². The Bertz CT molecular complexity index is 531. The topological polar surface area (TPSA) is 31.2 Å². The van der Waals surface area contributed by atoms with Crippen molar-refractivity contribution in [3.05, 3.63) is 64.6 Å². The number of ether oxygens (including phenoxy) is 1. The van der Waals surface area contributed by atoms with E-state index in [-0.39, 0.29) is 5.56 Å². The first kappa shape index (κ1) is 10.5. The zero-order chi connectivity index (χ0) is 11.4. The minimum Gasteiger partial charge on any atom is -0.497 e. The lowest BCUT2D eigenvalue weighted by Crippen LogP contribution is -2.18. The van der Waals surface area contributed by atoms with E-state index in [9.17, 15) is 4.79 Å². The van der Waals surface area contributed by atoms with Crippen molar-refractivity contribution >= 4 is 0 Å². The summed E-state index contributed by atoms with van der Waals surface area (Å²) in [4.78, 5) is 11.5. The molecule has 0 amide bonds. The Kier molecular flexibility index (Phi) is 3.05. The van der Waals surface area contributed by atoms with E-state index in [0.29, 0.717) is 6.54 Å². The average molecular weight is 215 g/mol. The van der Waals surface area contributed by atoms with Gasteiger partial charge in [0.2, 0.25) is 0 Å². The number of aromatic nitrogens is 1. The Hall–Kier alpha value is -2.03. The van der Waals surface area contributed by atoms with Crippen LogP contribution in [0.5, 0.6) is 5.75 Å². The zero-order valence-electron chi connectivity index (χ0n) is 9.09. The van der Waals surface area contributed by atoms with Crippen LogP contribution < -0.4 is 10.3 Å². The van der Waals surface area contributed by atoms with Gasteiger partial charge in [0.25, 0.3) is 5.56 Å². The largest absolute Gasteiger partial charge is 0.497 e. The summed E-state index contributed by atoms with van der Waals surface area (Å²) < 4.78 is 6.80. The monoisotopic (exact) mass is 215 g/mol. The highest BCUT2D eigenvalue weighted by molar-refractivity contribution is 5.28. The highest BCUT2D eigenvalue weighted by Gasteiger charge is 1.98. The molecule has 1 aromatic carbocycles. The van der Waals surface area contributed by atoms with Crippen LogP contribution in [0.1, 0.15) is 5.56 Å². The summed E-state index contributed by atoms with van der Waals surface area (Å²) in [6.07, 6.45) is 1.78. The minimum atomic E-state index is 0.00493. The summed E-state index contributed by atoms with van der Waals surface area (Å²) in [5, 5.41) is 0. The van der Waals surface area contributed by atoms with Gasteiger partial charge in [-0.1, -0.05) is 18.2 Å². The van der Waals surface area contributed by atoms with Gasteiger partial charge in [-0.05, 0) is 23.8 Å². The van der Waals surface area contributed by atoms with E-state index >= 15 is 0 Å². The average Bonchev–Trinajstić information content (AvgIpc) is 2.32. The lowest BCUT2D eigenvalue weighted by molar-refractivity contribution is 0.414. The second-order valence-electron chi connectivity index (χ2n) is 3.52. The second-order valence-corrected chi connectivity index (χ2v) is 3.52. The van der Waals surface area contributed by atoms with E-state index in [0.717, 1.165) is 11.3 Å². The van der Waals surface area contributed by atoms with Crippen LogP contribution in [0.3, 0.4) is 0 Å². The first-order chi connectivity index (χ1) is 7.79. The third kappa shape index (κ3) is 2.31. The lowest BCUT2D eigenvalue weighted by Gasteiger charge is -2.06. The number of hydrogen-bond donors (Lipinski definition) is 0. The SMILES string of the molecule is COc1cccc(Cn2ccccc2=O)c1. The smallest absolute Gasteiger partial charge is 0.250 e. The number of hydrogen-bond acceptors (Lipinski definition) is 2. The maximum absolute atomic E-state index is 11.5. The number of nitrogens with zero attached hydrogens (tertiary/aromatic N) is 1. The quantitative estimate of drug-likeness (QED) is 0.783. The second kappa shape index (κ2) is 4.66. The van der Waals surface area contributed by atoms with Crippen molar-refractivity contribution in [3.63, 3.8) is 0 Å². The van der Waals surface area contributed by atoms with Gasteiger partial charge in [0, 0.05) is 12.3 Å². The highest BCUT2D eigenvalue weighted by atomic mass is 16.5. The molecule has 2 aromatic rings. The van der Waals surface area contributed by atoms with Crippen molar-refractivity contribution in [2.45, 2.75) is 6.54 Å². The number of methoxy groups -OCH3 is 1. The summed E-state index contributed by atoms with van der Waals surface area (Å²) in [7, 11) is 1.63. The first-order valence-electron chi connectivity index (χ1n) is 5.08. The fourth-order valence-corrected chi connectivity index (χ4v) is 1.56. The molecule has 0 fully saturated rings. The van der Waals surface area contributed by atoms with Gasteiger partial charge in [0.05, 0.1) is 13.7 Å². The van der Waals surface area contributed by atoms with Crippen LogP contribution in [-0.2, 0) is 6.54 Å². The van der Waals surface area contributed by atoms with Crippen molar-refractivity contribution in [1.82, 2.24) is 4.57 Å². The van der Waals surface area contributed by atoms with Gasteiger partial charge in [0.1, 0.15) is 5.75 Å². The van der Waals surface area contributed by atoms with Gasteiger partial charge < -0.3 is 9.30 Å². The normalized spacial score (nSPS) is 10.1. The number of pyridine rings is 1. The zero-order valence-corrected chi connectivity index (χ0v) is 9.09. The Balaban J connectivity index is 2.27. The Labute approximate surface area is 93.9 Å². The molecule has 3 heteroatoms. The number of benzene rings is 1. The first-order valence-corrected chi connectivity index (χ1v) is 5.08. The van der Waals surface area contributed by atoms with E-state index in [1.807, 2.05) is 30.3 Å². The summed E-state index contributed by atoms with van der Waals surface area (Å²) in [6, 6.07) is 12.9. The summed E-state index contributed by atoms with van der Waals surface area (Å²) in [5.74, 6) is 0.807. The molecule has 2 rings (SSSR count). The van der Waals surface area contributed by atoms with E-state index in [1.54, 1.807) is 30.0 Å².